The molecule has 0 atom stereocenters. The number of pyridine rings is 1. The molecule has 1 nitrogen and oxygen atoms in total. The Balaban J connectivity index is 2.12. The Hall–Kier alpha value is -1.29. The van der Waals surface area contributed by atoms with Crippen LogP contribution in [0.5, 0.6) is 0 Å². The first-order valence-electron chi connectivity index (χ1n) is 3.88. The van der Waals surface area contributed by atoms with Crippen LogP contribution >= 0.6 is 0 Å². The number of rotatable bonds is 0. The maximum absolute atomic E-state index is 4.10. The van der Waals surface area contributed by atoms with Gasteiger partial charge in [-0.3, -0.25) is 0 Å². The molecular weight excluding hydrogens is 134 g/mol. The first kappa shape index (κ1) is 6.42. The third-order valence-electron chi connectivity index (χ3n) is 1.65. The van der Waals surface area contributed by atoms with Gasteiger partial charge in [-0.25, -0.2) is 4.98 Å². The number of hydrogen-bond acceptors (Lipinski definition) is 1. The smallest absolute Gasteiger partial charge is 0.113 e. The van der Waals surface area contributed by atoms with Gasteiger partial charge in [-0.15, -0.1) is 0 Å². The number of nitrogens with zero attached hydrogens (tertiary/aromatic N) is 1. The Morgan fingerprint density at radius 1 is 1.36 bits per heavy atom. The van der Waals surface area contributed by atoms with Crippen molar-refractivity contribution in [3.63, 3.8) is 0 Å². The highest BCUT2D eigenvalue weighted by Gasteiger charge is 2.17. The lowest BCUT2D eigenvalue weighted by atomic mass is 10.3. The van der Waals surface area contributed by atoms with Crippen molar-refractivity contribution in [1.29, 1.82) is 0 Å². The molecule has 1 saturated carbocycles. The SMILES string of the molecule is C(#CC1CC1)c1ccccn1. The molecule has 1 heterocycles. The maximum Gasteiger partial charge on any atom is 0.113 e. The summed E-state index contributed by atoms with van der Waals surface area (Å²) in [7, 11) is 0. The summed E-state index contributed by atoms with van der Waals surface area (Å²) in [6.45, 7) is 0. The van der Waals surface area contributed by atoms with E-state index in [1.807, 2.05) is 18.2 Å². The van der Waals surface area contributed by atoms with Crippen molar-refractivity contribution in [2.24, 2.45) is 5.92 Å². The van der Waals surface area contributed by atoms with E-state index in [1.54, 1.807) is 6.20 Å². The number of aromatic nitrogens is 1. The van der Waals surface area contributed by atoms with E-state index in [9.17, 15) is 0 Å². The van der Waals surface area contributed by atoms with E-state index in [1.165, 1.54) is 12.8 Å². The van der Waals surface area contributed by atoms with Crippen LogP contribution in [0.25, 0.3) is 0 Å². The normalized spacial score (nSPS) is 15.3. The first-order valence-corrected chi connectivity index (χ1v) is 3.88. The predicted octanol–water partition coefficient (Wildman–Crippen LogP) is 1.84. The van der Waals surface area contributed by atoms with Gasteiger partial charge in [-0.05, 0) is 30.9 Å². The van der Waals surface area contributed by atoms with E-state index in [0.717, 1.165) is 5.69 Å². The molecule has 11 heavy (non-hydrogen) atoms. The second kappa shape index (κ2) is 2.75. The largest absolute Gasteiger partial charge is 0.248 e. The summed E-state index contributed by atoms with van der Waals surface area (Å²) in [5, 5.41) is 0. The standard InChI is InChI=1S/C10H9N/c1-2-8-11-10(3-1)7-6-9-4-5-9/h1-3,8-9H,4-5H2. The lowest BCUT2D eigenvalue weighted by Gasteiger charge is -1.84. The molecule has 0 saturated heterocycles. The van der Waals surface area contributed by atoms with E-state index < -0.39 is 0 Å². The highest BCUT2D eigenvalue weighted by molar-refractivity contribution is 5.28. The molecule has 0 unspecified atom stereocenters. The van der Waals surface area contributed by atoms with Gasteiger partial charge in [0.15, 0.2) is 0 Å². The quantitative estimate of drug-likeness (QED) is 0.505. The van der Waals surface area contributed by atoms with Crippen LogP contribution in [0.15, 0.2) is 24.4 Å². The maximum atomic E-state index is 4.10. The lowest BCUT2D eigenvalue weighted by Crippen LogP contribution is -1.78. The van der Waals surface area contributed by atoms with Crippen LogP contribution < -0.4 is 0 Å². The van der Waals surface area contributed by atoms with Crippen molar-refractivity contribution in [1.82, 2.24) is 4.98 Å². The van der Waals surface area contributed by atoms with E-state index in [2.05, 4.69) is 16.8 Å². The highest BCUT2D eigenvalue weighted by atomic mass is 14.6. The molecule has 0 N–H and O–H groups in total. The van der Waals surface area contributed by atoms with Crippen LogP contribution in [-0.2, 0) is 0 Å². The topological polar surface area (TPSA) is 12.9 Å². The molecule has 1 aromatic rings. The Morgan fingerprint density at radius 2 is 2.27 bits per heavy atom. The van der Waals surface area contributed by atoms with Gasteiger partial charge in [-0.2, -0.15) is 0 Å². The zero-order valence-electron chi connectivity index (χ0n) is 6.25. The third-order valence-corrected chi connectivity index (χ3v) is 1.65. The van der Waals surface area contributed by atoms with Crippen molar-refractivity contribution in [2.45, 2.75) is 12.8 Å². The van der Waals surface area contributed by atoms with E-state index >= 15 is 0 Å². The summed E-state index contributed by atoms with van der Waals surface area (Å²) in [6, 6.07) is 5.81. The molecular formula is C10H9N. The summed E-state index contributed by atoms with van der Waals surface area (Å²) in [6.07, 6.45) is 4.33. The predicted molar refractivity (Wildman–Crippen MR) is 43.8 cm³/mol. The number of hydrogen-bond donors (Lipinski definition) is 0. The molecule has 0 amide bonds. The molecule has 0 aliphatic heterocycles. The van der Waals surface area contributed by atoms with Gasteiger partial charge in [0, 0.05) is 12.1 Å². The van der Waals surface area contributed by atoms with Gasteiger partial charge in [0.05, 0.1) is 0 Å². The van der Waals surface area contributed by atoms with Gasteiger partial charge in [0.1, 0.15) is 5.69 Å². The van der Waals surface area contributed by atoms with Crippen molar-refractivity contribution in [3.8, 4) is 11.8 Å². The monoisotopic (exact) mass is 143 g/mol. The van der Waals surface area contributed by atoms with Crippen LogP contribution in [0.1, 0.15) is 18.5 Å². The molecule has 1 heteroatoms. The van der Waals surface area contributed by atoms with Crippen molar-refractivity contribution < 1.29 is 0 Å². The molecule has 1 aliphatic rings. The summed E-state index contributed by atoms with van der Waals surface area (Å²) in [5.74, 6) is 6.87. The average Bonchev–Trinajstić information content (AvgIpc) is 2.86. The Morgan fingerprint density at radius 3 is 2.91 bits per heavy atom. The van der Waals surface area contributed by atoms with Gasteiger partial charge in [0.2, 0.25) is 0 Å². The fraction of sp³-hybridized carbons (Fsp3) is 0.300. The molecule has 1 aliphatic carbocycles. The Bertz CT molecular complexity index is 288. The molecule has 0 bridgehead atoms. The molecule has 0 radical (unpaired) electrons. The Labute approximate surface area is 66.5 Å². The van der Waals surface area contributed by atoms with Gasteiger partial charge < -0.3 is 0 Å². The van der Waals surface area contributed by atoms with Gasteiger partial charge >= 0.3 is 0 Å². The van der Waals surface area contributed by atoms with E-state index in [4.69, 9.17) is 0 Å². The highest BCUT2D eigenvalue weighted by Crippen LogP contribution is 2.27. The van der Waals surface area contributed by atoms with Gasteiger partial charge in [0.25, 0.3) is 0 Å². The van der Waals surface area contributed by atoms with Gasteiger partial charge in [-0.1, -0.05) is 12.0 Å². The molecule has 54 valence electrons. The van der Waals surface area contributed by atoms with Crippen LogP contribution in [0, 0.1) is 17.8 Å². The van der Waals surface area contributed by atoms with E-state index in [-0.39, 0.29) is 0 Å². The van der Waals surface area contributed by atoms with Crippen molar-refractivity contribution in [3.05, 3.63) is 30.1 Å². The Kier molecular flexibility index (Phi) is 1.61. The summed E-state index contributed by atoms with van der Waals surface area (Å²) in [4.78, 5) is 4.10. The van der Waals surface area contributed by atoms with Crippen LogP contribution in [0.2, 0.25) is 0 Å². The lowest BCUT2D eigenvalue weighted by molar-refractivity contribution is 1.18. The zero-order valence-corrected chi connectivity index (χ0v) is 6.25. The molecule has 0 aromatic carbocycles. The average molecular weight is 143 g/mol. The van der Waals surface area contributed by atoms with Crippen LogP contribution in [-0.4, -0.2) is 4.98 Å². The van der Waals surface area contributed by atoms with Crippen molar-refractivity contribution in [2.75, 3.05) is 0 Å². The molecule has 2 rings (SSSR count). The second-order valence-electron chi connectivity index (χ2n) is 2.76. The molecule has 1 aromatic heterocycles. The summed E-state index contributed by atoms with van der Waals surface area (Å²) in [5.41, 5.74) is 0.888. The van der Waals surface area contributed by atoms with E-state index in [0.29, 0.717) is 5.92 Å². The zero-order chi connectivity index (χ0) is 7.52. The fourth-order valence-electron chi connectivity index (χ4n) is 0.840. The van der Waals surface area contributed by atoms with Crippen LogP contribution in [0.4, 0.5) is 0 Å². The minimum atomic E-state index is 0.664. The fourth-order valence-corrected chi connectivity index (χ4v) is 0.840. The minimum Gasteiger partial charge on any atom is -0.248 e. The summed E-state index contributed by atoms with van der Waals surface area (Å²) < 4.78 is 0. The summed E-state index contributed by atoms with van der Waals surface area (Å²) >= 11 is 0. The van der Waals surface area contributed by atoms with Crippen molar-refractivity contribution >= 4 is 0 Å². The first-order chi connectivity index (χ1) is 5.45. The third kappa shape index (κ3) is 1.81. The minimum absolute atomic E-state index is 0.664. The molecule has 0 spiro atoms. The molecule has 1 fully saturated rings. The second-order valence-corrected chi connectivity index (χ2v) is 2.76. The van der Waals surface area contributed by atoms with Crippen LogP contribution in [0.3, 0.4) is 0 Å².